The van der Waals surface area contributed by atoms with Gasteiger partial charge in [0.1, 0.15) is 11.3 Å². The van der Waals surface area contributed by atoms with Crippen molar-refractivity contribution in [3.8, 4) is 5.75 Å². The van der Waals surface area contributed by atoms with E-state index in [-0.39, 0.29) is 11.4 Å². The molecule has 0 bridgehead atoms. The first-order valence-corrected chi connectivity index (χ1v) is 12.8. The van der Waals surface area contributed by atoms with Gasteiger partial charge in [0.05, 0.1) is 12.2 Å². The van der Waals surface area contributed by atoms with E-state index in [0.717, 1.165) is 48.9 Å². The zero-order valence-electron chi connectivity index (χ0n) is 20.4. The van der Waals surface area contributed by atoms with Crippen LogP contribution < -0.4 is 5.63 Å². The van der Waals surface area contributed by atoms with E-state index in [9.17, 15) is 9.90 Å². The number of ether oxygens (including phenoxy) is 1. The highest BCUT2D eigenvalue weighted by molar-refractivity contribution is 5.85. The van der Waals surface area contributed by atoms with E-state index in [1.165, 1.54) is 45.2 Å². The molecule has 1 N–H and O–H groups in total. The quantitative estimate of drug-likeness (QED) is 0.529. The third kappa shape index (κ3) is 5.79. The van der Waals surface area contributed by atoms with E-state index in [1.54, 1.807) is 19.2 Å². The van der Waals surface area contributed by atoms with Crippen molar-refractivity contribution in [2.24, 2.45) is 5.92 Å². The van der Waals surface area contributed by atoms with Crippen LogP contribution in [-0.2, 0) is 17.7 Å². The highest BCUT2D eigenvalue weighted by Crippen LogP contribution is 2.34. The number of phenols is 1. The lowest BCUT2D eigenvalue weighted by atomic mass is 9.83. The van der Waals surface area contributed by atoms with Crippen molar-refractivity contribution in [3.63, 3.8) is 0 Å². The summed E-state index contributed by atoms with van der Waals surface area (Å²) in [7, 11) is 1.73. The molecule has 2 fully saturated rings. The first-order valence-electron chi connectivity index (χ1n) is 12.8. The maximum absolute atomic E-state index is 12.4. The van der Waals surface area contributed by atoms with E-state index in [2.05, 4.69) is 16.7 Å². The Balaban J connectivity index is 1.61. The van der Waals surface area contributed by atoms with Crippen molar-refractivity contribution >= 4 is 11.0 Å². The molecule has 2 atom stereocenters. The number of methoxy groups -OCH3 is 1. The van der Waals surface area contributed by atoms with Crippen LogP contribution in [-0.4, -0.2) is 60.8 Å². The molecule has 6 nitrogen and oxygen atoms in total. The topological polar surface area (TPSA) is 66.2 Å². The number of aromatic hydroxyl groups is 1. The fourth-order valence-corrected chi connectivity index (χ4v) is 5.86. The van der Waals surface area contributed by atoms with Gasteiger partial charge in [0, 0.05) is 44.2 Å². The minimum atomic E-state index is -0.339. The Kier molecular flexibility index (Phi) is 8.45. The monoisotopic (exact) mass is 456 g/mol. The summed E-state index contributed by atoms with van der Waals surface area (Å²) in [5, 5.41) is 11.7. The molecule has 2 unspecified atom stereocenters. The molecule has 2 aliphatic heterocycles. The normalized spacial score (nSPS) is 21.5. The summed E-state index contributed by atoms with van der Waals surface area (Å²) in [5.41, 5.74) is 1.93. The summed E-state index contributed by atoms with van der Waals surface area (Å²) < 4.78 is 11.1. The van der Waals surface area contributed by atoms with Gasteiger partial charge in [-0.1, -0.05) is 19.8 Å². The van der Waals surface area contributed by atoms with Gasteiger partial charge in [-0.05, 0) is 75.2 Å². The average Bonchev–Trinajstić information content (AvgIpc) is 2.82. The Bertz CT molecular complexity index is 970. The van der Waals surface area contributed by atoms with Crippen molar-refractivity contribution in [2.75, 3.05) is 39.9 Å². The van der Waals surface area contributed by atoms with Gasteiger partial charge in [0.15, 0.2) is 0 Å². The minimum Gasteiger partial charge on any atom is -0.507 e. The molecule has 2 saturated heterocycles. The second-order valence-electron chi connectivity index (χ2n) is 9.86. The summed E-state index contributed by atoms with van der Waals surface area (Å²) in [4.78, 5) is 17.5. The van der Waals surface area contributed by atoms with Crippen molar-refractivity contribution < 1.29 is 14.3 Å². The number of nitrogens with zero attached hydrogens (tertiary/aromatic N) is 2. The Morgan fingerprint density at radius 3 is 2.88 bits per heavy atom. The fourth-order valence-electron chi connectivity index (χ4n) is 5.86. The molecule has 182 valence electrons. The predicted octanol–water partition coefficient (Wildman–Crippen LogP) is 4.55. The van der Waals surface area contributed by atoms with E-state index >= 15 is 0 Å². The number of aryl methyl sites for hydroxylation is 1. The number of hydrogen-bond acceptors (Lipinski definition) is 6. The smallest absolute Gasteiger partial charge is 0.336 e. The maximum atomic E-state index is 12.4. The third-order valence-corrected chi connectivity index (χ3v) is 7.59. The van der Waals surface area contributed by atoms with Crippen molar-refractivity contribution in [1.82, 2.24) is 9.80 Å². The Morgan fingerprint density at radius 2 is 2.06 bits per heavy atom. The Morgan fingerprint density at radius 1 is 1.21 bits per heavy atom. The molecule has 1 aromatic carbocycles. The standard InChI is InChI=1S/C27H40N2O4/c1-3-4-8-20-17-26(31)33-27-22(20)11-12-25(30)23(27)19-28(15-16-32-2)18-21-9-7-14-29-13-6-5-10-24(21)29/h11-12,17,21,24,30H,3-10,13-16,18-19H2,1-2H3. The third-order valence-electron chi connectivity index (χ3n) is 7.59. The largest absolute Gasteiger partial charge is 0.507 e. The highest BCUT2D eigenvalue weighted by Gasteiger charge is 2.34. The van der Waals surface area contributed by atoms with Crippen LogP contribution in [0.15, 0.2) is 27.4 Å². The second kappa shape index (κ2) is 11.5. The molecule has 0 aliphatic carbocycles. The number of hydrogen-bond donors (Lipinski definition) is 1. The fraction of sp³-hybridized carbons (Fsp3) is 0.667. The molecule has 6 heteroatoms. The molecular formula is C27H40N2O4. The Labute approximate surface area is 197 Å². The van der Waals surface area contributed by atoms with Crippen LogP contribution in [0.4, 0.5) is 0 Å². The minimum absolute atomic E-state index is 0.198. The lowest BCUT2D eigenvalue weighted by Crippen LogP contribution is -2.51. The summed E-state index contributed by atoms with van der Waals surface area (Å²) in [6.07, 6.45) is 9.38. The van der Waals surface area contributed by atoms with Crippen LogP contribution in [0.2, 0.25) is 0 Å². The van der Waals surface area contributed by atoms with E-state index in [0.29, 0.717) is 30.7 Å². The first kappa shape index (κ1) is 24.2. The molecule has 0 amide bonds. The second-order valence-corrected chi connectivity index (χ2v) is 9.86. The van der Waals surface area contributed by atoms with Gasteiger partial charge in [-0.2, -0.15) is 0 Å². The van der Waals surface area contributed by atoms with Gasteiger partial charge < -0.3 is 19.2 Å². The van der Waals surface area contributed by atoms with Crippen LogP contribution in [0.1, 0.15) is 63.0 Å². The van der Waals surface area contributed by atoms with Crippen LogP contribution >= 0.6 is 0 Å². The number of phenolic OH excluding ortho intramolecular Hbond substituents is 1. The number of benzene rings is 1. The zero-order chi connectivity index (χ0) is 23.2. The molecule has 0 spiro atoms. The molecule has 0 radical (unpaired) electrons. The molecule has 1 aromatic heterocycles. The molecular weight excluding hydrogens is 416 g/mol. The lowest BCUT2D eigenvalue weighted by Gasteiger charge is -2.45. The van der Waals surface area contributed by atoms with E-state index in [1.807, 2.05) is 6.07 Å². The SMILES string of the molecule is CCCCc1cc(=O)oc2c(CN(CCOC)CC3CCCN4CCCCC34)c(O)ccc12. The Hall–Kier alpha value is -1.89. The number of fused-ring (bicyclic) bond motifs is 2. The van der Waals surface area contributed by atoms with Crippen LogP contribution in [0.3, 0.4) is 0 Å². The zero-order valence-corrected chi connectivity index (χ0v) is 20.4. The van der Waals surface area contributed by atoms with Gasteiger partial charge in [-0.25, -0.2) is 4.79 Å². The average molecular weight is 457 g/mol. The van der Waals surface area contributed by atoms with Gasteiger partial charge in [0.2, 0.25) is 0 Å². The number of piperidine rings is 2. The van der Waals surface area contributed by atoms with Gasteiger partial charge in [-0.15, -0.1) is 0 Å². The lowest BCUT2D eigenvalue weighted by molar-refractivity contribution is 0.0335. The molecule has 3 heterocycles. The molecule has 2 aliphatic rings. The van der Waals surface area contributed by atoms with Crippen LogP contribution in [0.25, 0.3) is 11.0 Å². The van der Waals surface area contributed by atoms with Crippen LogP contribution in [0, 0.1) is 5.92 Å². The summed E-state index contributed by atoms with van der Waals surface area (Å²) in [6, 6.07) is 5.92. The van der Waals surface area contributed by atoms with Crippen LogP contribution in [0.5, 0.6) is 5.75 Å². The molecule has 2 aromatic rings. The molecule has 4 rings (SSSR count). The first-order chi connectivity index (χ1) is 16.1. The summed E-state index contributed by atoms with van der Waals surface area (Å²) >= 11 is 0. The summed E-state index contributed by atoms with van der Waals surface area (Å²) in [6.45, 7) is 7.56. The molecule has 33 heavy (non-hydrogen) atoms. The number of unbranched alkanes of at least 4 members (excludes halogenated alkanes) is 1. The van der Waals surface area contributed by atoms with Crippen molar-refractivity contribution in [2.45, 2.75) is 70.9 Å². The van der Waals surface area contributed by atoms with Gasteiger partial charge in [0.25, 0.3) is 0 Å². The van der Waals surface area contributed by atoms with Gasteiger partial charge in [-0.3, -0.25) is 4.90 Å². The van der Waals surface area contributed by atoms with Crippen molar-refractivity contribution in [1.29, 1.82) is 0 Å². The van der Waals surface area contributed by atoms with E-state index in [4.69, 9.17) is 9.15 Å². The van der Waals surface area contributed by atoms with E-state index < -0.39 is 0 Å². The summed E-state index contributed by atoms with van der Waals surface area (Å²) in [5.74, 6) is 0.823. The highest BCUT2D eigenvalue weighted by atomic mass is 16.5. The predicted molar refractivity (Wildman–Crippen MR) is 132 cm³/mol. The van der Waals surface area contributed by atoms with Crippen molar-refractivity contribution in [3.05, 3.63) is 39.7 Å². The molecule has 0 saturated carbocycles. The van der Waals surface area contributed by atoms with Gasteiger partial charge >= 0.3 is 5.63 Å². The number of rotatable bonds is 10. The maximum Gasteiger partial charge on any atom is 0.336 e.